The number of amides is 1. The molecule has 0 bridgehead atoms. The second-order valence-corrected chi connectivity index (χ2v) is 8.15. The first kappa shape index (κ1) is 26.1. The molecular formula is C22H19F5N4O3S. The molecule has 0 aromatic carbocycles. The standard InChI is InChI=1S/C22H19F5N4O3S/c1-2-35-17-10-14(34-18-7-3-4-8-29-18)11-30-19(17)20(32)31-12-15-16(6-5-9-28-15)33-13-21(23,24)22(25,26)27/h3-11H,2,12-13H2,1H3,(H,31,32). The molecule has 0 atom stereocenters. The monoisotopic (exact) mass is 514 g/mol. The van der Waals surface area contributed by atoms with Gasteiger partial charge in [0, 0.05) is 23.4 Å². The van der Waals surface area contributed by atoms with Gasteiger partial charge in [0.2, 0.25) is 5.88 Å². The number of hydrogen-bond donors (Lipinski definition) is 1. The molecule has 186 valence electrons. The van der Waals surface area contributed by atoms with Crippen molar-refractivity contribution in [3.63, 3.8) is 0 Å². The smallest absolute Gasteiger partial charge is 0.456 e. The maximum atomic E-state index is 13.2. The van der Waals surface area contributed by atoms with Gasteiger partial charge in [-0.15, -0.1) is 11.8 Å². The summed E-state index contributed by atoms with van der Waals surface area (Å²) in [7, 11) is 0. The van der Waals surface area contributed by atoms with Crippen LogP contribution in [0.5, 0.6) is 17.4 Å². The van der Waals surface area contributed by atoms with E-state index in [1.54, 1.807) is 30.5 Å². The number of nitrogens with one attached hydrogen (secondary N) is 1. The Morgan fingerprint density at radius 3 is 2.51 bits per heavy atom. The van der Waals surface area contributed by atoms with Gasteiger partial charge in [0.1, 0.15) is 22.9 Å². The maximum Gasteiger partial charge on any atom is 0.456 e. The number of ether oxygens (including phenoxy) is 2. The van der Waals surface area contributed by atoms with E-state index in [0.717, 1.165) is 0 Å². The van der Waals surface area contributed by atoms with Crippen LogP contribution in [-0.2, 0) is 6.54 Å². The van der Waals surface area contributed by atoms with Gasteiger partial charge in [0.25, 0.3) is 5.91 Å². The summed E-state index contributed by atoms with van der Waals surface area (Å²) in [6, 6.07) is 9.26. The molecule has 0 aliphatic carbocycles. The number of rotatable bonds is 10. The Balaban J connectivity index is 1.70. The van der Waals surface area contributed by atoms with Gasteiger partial charge >= 0.3 is 12.1 Å². The van der Waals surface area contributed by atoms with Gasteiger partial charge in [-0.1, -0.05) is 13.0 Å². The molecule has 0 aliphatic rings. The van der Waals surface area contributed by atoms with Crippen LogP contribution in [0, 0.1) is 0 Å². The van der Waals surface area contributed by atoms with Crippen LogP contribution in [0.1, 0.15) is 23.1 Å². The molecule has 0 radical (unpaired) electrons. The lowest BCUT2D eigenvalue weighted by molar-refractivity contribution is -0.290. The van der Waals surface area contributed by atoms with Crippen LogP contribution < -0.4 is 14.8 Å². The van der Waals surface area contributed by atoms with Crippen LogP contribution in [0.15, 0.2) is 59.9 Å². The maximum absolute atomic E-state index is 13.2. The molecule has 3 heterocycles. The second kappa shape index (κ2) is 11.3. The van der Waals surface area contributed by atoms with Crippen molar-refractivity contribution in [2.75, 3.05) is 12.4 Å². The average Bonchev–Trinajstić information content (AvgIpc) is 2.82. The fourth-order valence-corrected chi connectivity index (χ4v) is 3.42. The van der Waals surface area contributed by atoms with E-state index >= 15 is 0 Å². The predicted octanol–water partition coefficient (Wildman–Crippen LogP) is 5.28. The Morgan fingerprint density at radius 2 is 1.83 bits per heavy atom. The average molecular weight is 514 g/mol. The fourth-order valence-electron chi connectivity index (χ4n) is 2.63. The second-order valence-electron chi connectivity index (χ2n) is 6.84. The highest BCUT2D eigenvalue weighted by Gasteiger charge is 2.58. The molecule has 1 amide bonds. The lowest BCUT2D eigenvalue weighted by atomic mass is 10.3. The van der Waals surface area contributed by atoms with Crippen molar-refractivity contribution in [1.29, 1.82) is 0 Å². The highest BCUT2D eigenvalue weighted by molar-refractivity contribution is 7.99. The molecule has 0 unspecified atom stereocenters. The number of nitrogens with zero attached hydrogens (tertiary/aromatic N) is 3. The fraction of sp³-hybridized carbons (Fsp3) is 0.273. The third kappa shape index (κ3) is 7.01. The minimum absolute atomic E-state index is 0.0291. The number of carbonyl (C=O) groups is 1. The summed E-state index contributed by atoms with van der Waals surface area (Å²) in [6.07, 6.45) is -1.56. The van der Waals surface area contributed by atoms with E-state index in [-0.39, 0.29) is 23.7 Å². The SMILES string of the molecule is CCSc1cc(Oc2ccccn2)cnc1C(=O)NCc1ncccc1OCC(F)(F)C(F)(F)F. The van der Waals surface area contributed by atoms with Crippen LogP contribution in [-0.4, -0.2) is 45.3 Å². The predicted molar refractivity (Wildman–Crippen MR) is 117 cm³/mol. The van der Waals surface area contributed by atoms with Gasteiger partial charge < -0.3 is 14.8 Å². The molecule has 3 aromatic heterocycles. The Bertz CT molecular complexity index is 1150. The van der Waals surface area contributed by atoms with Gasteiger partial charge in [-0.3, -0.25) is 9.78 Å². The first-order valence-corrected chi connectivity index (χ1v) is 11.1. The van der Waals surface area contributed by atoms with E-state index in [2.05, 4.69) is 25.0 Å². The lowest BCUT2D eigenvalue weighted by Crippen LogP contribution is -2.42. The first-order valence-electron chi connectivity index (χ1n) is 10.1. The summed E-state index contributed by atoms with van der Waals surface area (Å²) in [5.74, 6) is -4.63. The number of carbonyl (C=O) groups excluding carboxylic acids is 1. The largest absolute Gasteiger partial charge is 0.485 e. The molecule has 3 rings (SSSR count). The van der Waals surface area contributed by atoms with Crippen LogP contribution >= 0.6 is 11.8 Å². The van der Waals surface area contributed by atoms with Crippen molar-refractivity contribution in [3.05, 3.63) is 66.4 Å². The molecule has 0 aliphatic heterocycles. The summed E-state index contributed by atoms with van der Waals surface area (Å²) in [4.78, 5) is 25.4. The van der Waals surface area contributed by atoms with E-state index in [1.165, 1.54) is 36.3 Å². The van der Waals surface area contributed by atoms with Crippen molar-refractivity contribution >= 4 is 17.7 Å². The van der Waals surface area contributed by atoms with Gasteiger partial charge in [-0.25, -0.2) is 9.97 Å². The molecule has 13 heteroatoms. The van der Waals surface area contributed by atoms with Crippen molar-refractivity contribution in [1.82, 2.24) is 20.3 Å². The van der Waals surface area contributed by atoms with E-state index in [0.29, 0.717) is 22.3 Å². The molecule has 7 nitrogen and oxygen atoms in total. The van der Waals surface area contributed by atoms with Crippen molar-refractivity contribution in [2.45, 2.75) is 30.5 Å². The highest BCUT2D eigenvalue weighted by atomic mass is 32.2. The van der Waals surface area contributed by atoms with Crippen LogP contribution in [0.25, 0.3) is 0 Å². The Hall–Kier alpha value is -3.48. The molecule has 0 saturated carbocycles. The lowest BCUT2D eigenvalue weighted by Gasteiger charge is -2.20. The van der Waals surface area contributed by atoms with Crippen molar-refractivity contribution in [2.24, 2.45) is 0 Å². The zero-order valence-electron chi connectivity index (χ0n) is 18.2. The van der Waals surface area contributed by atoms with Gasteiger partial charge in [0.05, 0.1) is 12.7 Å². The van der Waals surface area contributed by atoms with Crippen molar-refractivity contribution in [3.8, 4) is 17.4 Å². The topological polar surface area (TPSA) is 86.2 Å². The minimum atomic E-state index is -5.75. The van der Waals surface area contributed by atoms with E-state index in [4.69, 9.17) is 4.74 Å². The quantitative estimate of drug-likeness (QED) is 0.291. The first-order chi connectivity index (χ1) is 16.6. The Kier molecular flexibility index (Phi) is 8.43. The van der Waals surface area contributed by atoms with E-state index in [9.17, 15) is 26.7 Å². The number of aromatic nitrogens is 3. The summed E-state index contributed by atoms with van der Waals surface area (Å²) in [5, 5.41) is 2.53. The molecule has 1 N–H and O–H groups in total. The zero-order valence-corrected chi connectivity index (χ0v) is 19.0. The van der Waals surface area contributed by atoms with Crippen molar-refractivity contribution < 1.29 is 36.2 Å². The van der Waals surface area contributed by atoms with Gasteiger partial charge in [-0.2, -0.15) is 22.0 Å². The Morgan fingerprint density at radius 1 is 1.06 bits per heavy atom. The molecular weight excluding hydrogens is 495 g/mol. The van der Waals surface area contributed by atoms with Gasteiger partial charge in [-0.05, 0) is 30.0 Å². The molecule has 35 heavy (non-hydrogen) atoms. The normalized spacial score (nSPS) is 11.7. The van der Waals surface area contributed by atoms with E-state index < -0.39 is 24.6 Å². The molecule has 0 fully saturated rings. The summed E-state index contributed by atoms with van der Waals surface area (Å²) < 4.78 is 73.9. The molecule has 0 saturated heterocycles. The third-order valence-electron chi connectivity index (χ3n) is 4.29. The summed E-state index contributed by atoms with van der Waals surface area (Å²) >= 11 is 1.34. The number of alkyl halides is 5. The number of pyridine rings is 3. The molecule has 0 spiro atoms. The minimum Gasteiger partial charge on any atom is -0.485 e. The highest BCUT2D eigenvalue weighted by Crippen LogP contribution is 2.36. The number of thioether (sulfide) groups is 1. The number of hydrogen-bond acceptors (Lipinski definition) is 7. The summed E-state index contributed by atoms with van der Waals surface area (Å²) in [6.45, 7) is -0.330. The molecule has 3 aromatic rings. The van der Waals surface area contributed by atoms with E-state index in [1.807, 2.05) is 6.92 Å². The number of halogens is 5. The van der Waals surface area contributed by atoms with Crippen LogP contribution in [0.2, 0.25) is 0 Å². The Labute approximate surface area is 201 Å². The zero-order chi connectivity index (χ0) is 25.5. The third-order valence-corrected chi connectivity index (χ3v) is 5.20. The van der Waals surface area contributed by atoms with Gasteiger partial charge in [0.15, 0.2) is 6.61 Å². The summed E-state index contributed by atoms with van der Waals surface area (Å²) in [5.41, 5.74) is 0.0471. The van der Waals surface area contributed by atoms with Crippen LogP contribution in [0.3, 0.4) is 0 Å². The van der Waals surface area contributed by atoms with Crippen LogP contribution in [0.4, 0.5) is 22.0 Å².